The number of hydrogen-bond acceptors (Lipinski definition) is 2. The lowest BCUT2D eigenvalue weighted by Crippen LogP contribution is -2.39. The lowest BCUT2D eigenvalue weighted by atomic mass is 9.89. The summed E-state index contributed by atoms with van der Waals surface area (Å²) in [4.78, 5) is 11.9. The van der Waals surface area contributed by atoms with Crippen LogP contribution >= 0.6 is 0 Å². The Hall–Kier alpha value is -1.35. The summed E-state index contributed by atoms with van der Waals surface area (Å²) in [5.74, 6) is -0.0444. The van der Waals surface area contributed by atoms with Crippen LogP contribution in [0.15, 0.2) is 18.2 Å². The number of aliphatic hydroxyl groups is 1. The van der Waals surface area contributed by atoms with Crippen molar-refractivity contribution in [2.75, 3.05) is 6.54 Å². The molecule has 1 rings (SSSR count). The number of hydrogen-bond donors (Lipinski definition) is 2. The Morgan fingerprint density at radius 3 is 2.53 bits per heavy atom. The van der Waals surface area contributed by atoms with E-state index in [0.717, 1.165) is 16.7 Å². The molecule has 2 N–H and O–H groups in total. The molecule has 3 nitrogen and oxygen atoms in total. The first-order chi connectivity index (χ1) is 8.70. The summed E-state index contributed by atoms with van der Waals surface area (Å²) < 4.78 is 0. The molecule has 0 aliphatic heterocycles. The van der Waals surface area contributed by atoms with Crippen molar-refractivity contribution < 1.29 is 9.90 Å². The quantitative estimate of drug-likeness (QED) is 0.876. The molecule has 0 fully saturated rings. The Kier molecular flexibility index (Phi) is 5.12. The normalized spacial score (nSPS) is 13.2. The van der Waals surface area contributed by atoms with Crippen LogP contribution in [0.3, 0.4) is 0 Å². The van der Waals surface area contributed by atoms with Crippen LogP contribution in [-0.4, -0.2) is 23.7 Å². The molecule has 0 aromatic heterocycles. The Morgan fingerprint density at radius 2 is 1.95 bits per heavy atom. The van der Waals surface area contributed by atoms with Crippen LogP contribution < -0.4 is 5.32 Å². The second kappa shape index (κ2) is 6.20. The SMILES string of the molecule is Cc1ccc(C)c(CC(=O)NCC(O)C(C)(C)C)c1. The molecule has 3 heteroatoms. The summed E-state index contributed by atoms with van der Waals surface area (Å²) in [5, 5.41) is 12.7. The highest BCUT2D eigenvalue weighted by atomic mass is 16.3. The average Bonchev–Trinajstić information content (AvgIpc) is 2.29. The number of rotatable bonds is 4. The standard InChI is InChI=1S/C16H25NO2/c1-11-6-7-12(2)13(8-11)9-15(19)17-10-14(18)16(3,4)5/h6-8,14,18H,9-10H2,1-5H3,(H,17,19). The molecule has 19 heavy (non-hydrogen) atoms. The number of carbonyl (C=O) groups excluding carboxylic acids is 1. The predicted molar refractivity (Wildman–Crippen MR) is 78.1 cm³/mol. The van der Waals surface area contributed by atoms with Gasteiger partial charge in [-0.2, -0.15) is 0 Å². The van der Waals surface area contributed by atoms with Gasteiger partial charge in [-0.1, -0.05) is 44.5 Å². The van der Waals surface area contributed by atoms with Gasteiger partial charge in [-0.25, -0.2) is 0 Å². The second-order valence-corrected chi connectivity index (χ2v) is 6.29. The van der Waals surface area contributed by atoms with Crippen LogP contribution in [0.2, 0.25) is 0 Å². The first-order valence-electron chi connectivity index (χ1n) is 6.71. The van der Waals surface area contributed by atoms with Gasteiger partial charge >= 0.3 is 0 Å². The minimum atomic E-state index is -0.532. The van der Waals surface area contributed by atoms with Gasteiger partial charge in [-0.05, 0) is 30.4 Å². The van der Waals surface area contributed by atoms with Crippen molar-refractivity contribution in [1.29, 1.82) is 0 Å². The summed E-state index contributed by atoms with van der Waals surface area (Å²) in [6.07, 6.45) is -0.167. The molecule has 1 amide bonds. The number of aliphatic hydroxyl groups excluding tert-OH is 1. The molecule has 106 valence electrons. The van der Waals surface area contributed by atoms with E-state index in [-0.39, 0.29) is 11.3 Å². The van der Waals surface area contributed by atoms with E-state index < -0.39 is 6.10 Å². The zero-order valence-corrected chi connectivity index (χ0v) is 12.6. The molecule has 0 aliphatic carbocycles. The van der Waals surface area contributed by atoms with Crippen molar-refractivity contribution in [2.24, 2.45) is 5.41 Å². The van der Waals surface area contributed by atoms with Gasteiger partial charge in [-0.3, -0.25) is 4.79 Å². The maximum absolute atomic E-state index is 11.9. The number of amides is 1. The van der Waals surface area contributed by atoms with Gasteiger partial charge in [0.2, 0.25) is 5.91 Å². The van der Waals surface area contributed by atoms with Crippen molar-refractivity contribution in [2.45, 2.75) is 47.1 Å². The van der Waals surface area contributed by atoms with Crippen LogP contribution in [0.1, 0.15) is 37.5 Å². The maximum atomic E-state index is 11.9. The average molecular weight is 263 g/mol. The third kappa shape index (κ3) is 5.03. The third-order valence-corrected chi connectivity index (χ3v) is 3.35. The highest BCUT2D eigenvalue weighted by Gasteiger charge is 2.22. The van der Waals surface area contributed by atoms with Crippen molar-refractivity contribution in [3.8, 4) is 0 Å². The van der Waals surface area contributed by atoms with E-state index in [2.05, 4.69) is 5.32 Å². The fourth-order valence-electron chi connectivity index (χ4n) is 1.74. The molecule has 0 radical (unpaired) electrons. The first-order valence-corrected chi connectivity index (χ1v) is 6.71. The summed E-state index contributed by atoms with van der Waals surface area (Å²) in [5.41, 5.74) is 3.11. The van der Waals surface area contributed by atoms with E-state index >= 15 is 0 Å². The zero-order chi connectivity index (χ0) is 14.6. The van der Waals surface area contributed by atoms with E-state index in [9.17, 15) is 9.90 Å². The van der Waals surface area contributed by atoms with Gasteiger partial charge in [0.1, 0.15) is 0 Å². The number of nitrogens with one attached hydrogen (secondary N) is 1. The lowest BCUT2D eigenvalue weighted by Gasteiger charge is -2.25. The molecular formula is C16H25NO2. The summed E-state index contributed by atoms with van der Waals surface area (Å²) in [7, 11) is 0. The first kappa shape index (κ1) is 15.7. The second-order valence-electron chi connectivity index (χ2n) is 6.29. The van der Waals surface area contributed by atoms with Crippen molar-refractivity contribution in [1.82, 2.24) is 5.32 Å². The topological polar surface area (TPSA) is 49.3 Å². The van der Waals surface area contributed by atoms with E-state index in [1.54, 1.807) is 0 Å². The van der Waals surface area contributed by atoms with Gasteiger partial charge in [0.25, 0.3) is 0 Å². The van der Waals surface area contributed by atoms with Gasteiger partial charge in [0.05, 0.1) is 12.5 Å². The summed E-state index contributed by atoms with van der Waals surface area (Å²) >= 11 is 0. The molecule has 1 unspecified atom stereocenters. The molecule has 0 bridgehead atoms. The van der Waals surface area contributed by atoms with Gasteiger partial charge in [0, 0.05) is 6.54 Å². The van der Waals surface area contributed by atoms with Crippen molar-refractivity contribution >= 4 is 5.91 Å². The molecule has 0 heterocycles. The van der Waals surface area contributed by atoms with Crippen molar-refractivity contribution in [3.05, 3.63) is 34.9 Å². The molecule has 0 spiro atoms. The lowest BCUT2D eigenvalue weighted by molar-refractivity contribution is -0.121. The van der Waals surface area contributed by atoms with Crippen LogP contribution in [0.5, 0.6) is 0 Å². The van der Waals surface area contributed by atoms with Gasteiger partial charge in [-0.15, -0.1) is 0 Å². The fraction of sp³-hybridized carbons (Fsp3) is 0.562. The molecule has 1 aromatic carbocycles. The highest BCUT2D eigenvalue weighted by molar-refractivity contribution is 5.79. The smallest absolute Gasteiger partial charge is 0.224 e. The van der Waals surface area contributed by atoms with Crippen molar-refractivity contribution in [3.63, 3.8) is 0 Å². The zero-order valence-electron chi connectivity index (χ0n) is 12.6. The fourth-order valence-corrected chi connectivity index (χ4v) is 1.74. The number of benzene rings is 1. The van der Waals surface area contributed by atoms with Gasteiger partial charge < -0.3 is 10.4 Å². The Bertz CT molecular complexity index is 447. The minimum absolute atomic E-state index is 0.0444. The minimum Gasteiger partial charge on any atom is -0.391 e. The molecule has 0 saturated carbocycles. The van der Waals surface area contributed by atoms with Crippen LogP contribution in [-0.2, 0) is 11.2 Å². The molecule has 0 saturated heterocycles. The third-order valence-electron chi connectivity index (χ3n) is 3.35. The maximum Gasteiger partial charge on any atom is 0.224 e. The van der Waals surface area contributed by atoms with E-state index in [4.69, 9.17) is 0 Å². The summed E-state index contributed by atoms with van der Waals surface area (Å²) in [6, 6.07) is 6.11. The summed E-state index contributed by atoms with van der Waals surface area (Å²) in [6.45, 7) is 10.2. The monoisotopic (exact) mass is 263 g/mol. The highest BCUT2D eigenvalue weighted by Crippen LogP contribution is 2.18. The Labute approximate surface area is 116 Å². The van der Waals surface area contributed by atoms with E-state index in [1.165, 1.54) is 0 Å². The van der Waals surface area contributed by atoms with Crippen LogP contribution in [0, 0.1) is 19.3 Å². The molecular weight excluding hydrogens is 238 g/mol. The van der Waals surface area contributed by atoms with Crippen LogP contribution in [0.4, 0.5) is 0 Å². The van der Waals surface area contributed by atoms with E-state index in [0.29, 0.717) is 13.0 Å². The van der Waals surface area contributed by atoms with E-state index in [1.807, 2.05) is 52.8 Å². The van der Waals surface area contributed by atoms with Crippen LogP contribution in [0.25, 0.3) is 0 Å². The Balaban J connectivity index is 2.54. The largest absolute Gasteiger partial charge is 0.391 e. The molecule has 1 aromatic rings. The predicted octanol–water partition coefficient (Wildman–Crippen LogP) is 2.37. The molecule has 1 atom stereocenters. The molecule has 0 aliphatic rings. The van der Waals surface area contributed by atoms with Gasteiger partial charge in [0.15, 0.2) is 0 Å². The number of aryl methyl sites for hydroxylation is 2. The Morgan fingerprint density at radius 1 is 1.32 bits per heavy atom. The number of carbonyl (C=O) groups is 1.